The monoisotopic (exact) mass is 283 g/mol. The average Bonchev–Trinajstić information content (AvgIpc) is 2.41. The van der Waals surface area contributed by atoms with Crippen LogP contribution in [-0.2, 0) is 11.3 Å². The standard InChI is InChI=1S/C15H22ClNO2/c1-2-9-19-12-5-4-8-17(10-12)11-13-14(16)6-3-7-15(13)18/h3,6-7,12,18H,2,4-5,8-11H2,1H3. The van der Waals surface area contributed by atoms with Gasteiger partial charge in [-0.25, -0.2) is 0 Å². The highest BCUT2D eigenvalue weighted by molar-refractivity contribution is 6.31. The van der Waals surface area contributed by atoms with E-state index in [2.05, 4.69) is 11.8 Å². The van der Waals surface area contributed by atoms with Gasteiger partial charge in [-0.2, -0.15) is 0 Å². The summed E-state index contributed by atoms with van der Waals surface area (Å²) in [7, 11) is 0. The molecule has 0 aliphatic carbocycles. The van der Waals surface area contributed by atoms with Crippen molar-refractivity contribution in [2.24, 2.45) is 0 Å². The summed E-state index contributed by atoms with van der Waals surface area (Å²) in [6, 6.07) is 5.28. The molecule has 0 radical (unpaired) electrons. The molecule has 0 spiro atoms. The minimum absolute atomic E-state index is 0.282. The van der Waals surface area contributed by atoms with E-state index >= 15 is 0 Å². The fraction of sp³-hybridized carbons (Fsp3) is 0.600. The van der Waals surface area contributed by atoms with E-state index < -0.39 is 0 Å². The van der Waals surface area contributed by atoms with Gasteiger partial charge in [-0.05, 0) is 37.9 Å². The van der Waals surface area contributed by atoms with Gasteiger partial charge in [0.1, 0.15) is 5.75 Å². The Morgan fingerprint density at radius 2 is 2.32 bits per heavy atom. The fourth-order valence-electron chi connectivity index (χ4n) is 2.50. The van der Waals surface area contributed by atoms with Crippen LogP contribution in [0.15, 0.2) is 18.2 Å². The van der Waals surface area contributed by atoms with Gasteiger partial charge in [0.25, 0.3) is 0 Å². The molecule has 1 saturated heterocycles. The van der Waals surface area contributed by atoms with Crippen LogP contribution in [0.4, 0.5) is 0 Å². The zero-order valence-corrected chi connectivity index (χ0v) is 12.2. The quantitative estimate of drug-likeness (QED) is 0.898. The van der Waals surface area contributed by atoms with E-state index in [1.54, 1.807) is 12.1 Å². The largest absolute Gasteiger partial charge is 0.508 e. The molecule has 19 heavy (non-hydrogen) atoms. The summed E-state index contributed by atoms with van der Waals surface area (Å²) in [6.07, 6.45) is 3.64. The van der Waals surface area contributed by atoms with Gasteiger partial charge in [-0.1, -0.05) is 24.6 Å². The van der Waals surface area contributed by atoms with Crippen LogP contribution >= 0.6 is 11.6 Å². The maximum Gasteiger partial charge on any atom is 0.121 e. The van der Waals surface area contributed by atoms with Gasteiger partial charge in [0.05, 0.1) is 6.10 Å². The SMILES string of the molecule is CCCOC1CCCN(Cc2c(O)cccc2Cl)C1. The van der Waals surface area contributed by atoms with E-state index in [4.69, 9.17) is 16.3 Å². The number of phenolic OH excluding ortho intramolecular Hbond substituents is 1. The third kappa shape index (κ3) is 4.10. The highest BCUT2D eigenvalue weighted by atomic mass is 35.5. The van der Waals surface area contributed by atoms with E-state index in [9.17, 15) is 5.11 Å². The lowest BCUT2D eigenvalue weighted by Crippen LogP contribution is -2.39. The van der Waals surface area contributed by atoms with Crippen LogP contribution in [0.1, 0.15) is 31.7 Å². The maximum atomic E-state index is 9.89. The molecular weight excluding hydrogens is 262 g/mol. The smallest absolute Gasteiger partial charge is 0.121 e. The number of piperidine rings is 1. The molecule has 0 saturated carbocycles. The summed E-state index contributed by atoms with van der Waals surface area (Å²) in [5, 5.41) is 10.5. The molecule has 1 aromatic rings. The lowest BCUT2D eigenvalue weighted by Gasteiger charge is -2.32. The van der Waals surface area contributed by atoms with Crippen LogP contribution < -0.4 is 0 Å². The van der Waals surface area contributed by atoms with E-state index in [-0.39, 0.29) is 5.75 Å². The molecule has 1 fully saturated rings. The van der Waals surface area contributed by atoms with Gasteiger partial charge >= 0.3 is 0 Å². The Morgan fingerprint density at radius 3 is 3.05 bits per heavy atom. The molecular formula is C15H22ClNO2. The van der Waals surface area contributed by atoms with Crippen LogP contribution in [0.25, 0.3) is 0 Å². The molecule has 0 bridgehead atoms. The lowest BCUT2D eigenvalue weighted by atomic mass is 10.1. The second kappa shape index (κ2) is 7.13. The Morgan fingerprint density at radius 1 is 1.47 bits per heavy atom. The number of nitrogens with zero attached hydrogens (tertiary/aromatic N) is 1. The second-order valence-corrected chi connectivity index (χ2v) is 5.51. The number of hydrogen-bond acceptors (Lipinski definition) is 3. The number of hydrogen-bond donors (Lipinski definition) is 1. The molecule has 3 nitrogen and oxygen atoms in total. The first kappa shape index (κ1) is 14.6. The predicted molar refractivity (Wildman–Crippen MR) is 77.7 cm³/mol. The van der Waals surface area contributed by atoms with Crippen molar-refractivity contribution in [2.75, 3.05) is 19.7 Å². The molecule has 1 aromatic carbocycles. The third-order valence-corrected chi connectivity index (χ3v) is 3.85. The van der Waals surface area contributed by atoms with Gasteiger partial charge in [-0.15, -0.1) is 0 Å². The topological polar surface area (TPSA) is 32.7 Å². The van der Waals surface area contributed by atoms with Crippen LogP contribution in [0.3, 0.4) is 0 Å². The van der Waals surface area contributed by atoms with Crippen LogP contribution in [-0.4, -0.2) is 35.8 Å². The van der Waals surface area contributed by atoms with Crippen molar-refractivity contribution in [2.45, 2.75) is 38.8 Å². The fourth-order valence-corrected chi connectivity index (χ4v) is 2.73. The van der Waals surface area contributed by atoms with Crippen molar-refractivity contribution in [1.29, 1.82) is 0 Å². The van der Waals surface area contributed by atoms with Crippen molar-refractivity contribution < 1.29 is 9.84 Å². The maximum absolute atomic E-state index is 9.89. The average molecular weight is 284 g/mol. The highest BCUT2D eigenvalue weighted by Gasteiger charge is 2.21. The number of aromatic hydroxyl groups is 1. The molecule has 1 heterocycles. The summed E-state index contributed by atoms with van der Waals surface area (Å²) in [6.45, 7) is 5.61. The Kier molecular flexibility index (Phi) is 5.49. The summed E-state index contributed by atoms with van der Waals surface area (Å²) in [4.78, 5) is 2.31. The molecule has 4 heteroatoms. The number of rotatable bonds is 5. The molecule has 2 rings (SSSR count). The van der Waals surface area contributed by atoms with Gasteiger partial charge in [0.2, 0.25) is 0 Å². The van der Waals surface area contributed by atoms with Gasteiger partial charge in [0, 0.05) is 30.3 Å². The van der Waals surface area contributed by atoms with E-state index in [1.807, 2.05) is 6.07 Å². The molecule has 0 aromatic heterocycles. The number of phenols is 1. The molecule has 1 aliphatic rings. The first-order valence-electron chi connectivity index (χ1n) is 7.01. The Labute approximate surface area is 120 Å². The first-order valence-corrected chi connectivity index (χ1v) is 7.38. The summed E-state index contributed by atoms with van der Waals surface area (Å²) in [5.41, 5.74) is 0.820. The zero-order valence-electron chi connectivity index (χ0n) is 11.4. The van der Waals surface area contributed by atoms with Crippen molar-refractivity contribution in [1.82, 2.24) is 4.90 Å². The summed E-state index contributed by atoms with van der Waals surface area (Å²) < 4.78 is 5.82. The van der Waals surface area contributed by atoms with E-state index in [0.29, 0.717) is 17.7 Å². The number of likely N-dealkylation sites (tertiary alicyclic amines) is 1. The van der Waals surface area contributed by atoms with Crippen LogP contribution in [0.2, 0.25) is 5.02 Å². The van der Waals surface area contributed by atoms with Gasteiger partial charge in [0.15, 0.2) is 0 Å². The molecule has 1 aliphatic heterocycles. The number of halogens is 1. The van der Waals surface area contributed by atoms with Crippen molar-refractivity contribution in [3.63, 3.8) is 0 Å². The highest BCUT2D eigenvalue weighted by Crippen LogP contribution is 2.27. The summed E-state index contributed by atoms with van der Waals surface area (Å²) >= 11 is 6.15. The van der Waals surface area contributed by atoms with Crippen molar-refractivity contribution in [3.05, 3.63) is 28.8 Å². The Balaban J connectivity index is 1.95. The first-order chi connectivity index (χ1) is 9.20. The minimum Gasteiger partial charge on any atom is -0.508 e. The van der Waals surface area contributed by atoms with Crippen molar-refractivity contribution >= 4 is 11.6 Å². The molecule has 1 N–H and O–H groups in total. The Hall–Kier alpha value is -0.770. The molecule has 1 unspecified atom stereocenters. The predicted octanol–water partition coefficient (Wildman–Crippen LogP) is 3.44. The second-order valence-electron chi connectivity index (χ2n) is 5.11. The normalized spacial score (nSPS) is 20.6. The van der Waals surface area contributed by atoms with E-state index in [0.717, 1.165) is 44.5 Å². The van der Waals surface area contributed by atoms with Crippen LogP contribution in [0.5, 0.6) is 5.75 Å². The van der Waals surface area contributed by atoms with Gasteiger partial charge < -0.3 is 9.84 Å². The molecule has 0 amide bonds. The minimum atomic E-state index is 0.282. The molecule has 106 valence electrons. The van der Waals surface area contributed by atoms with Crippen molar-refractivity contribution in [3.8, 4) is 5.75 Å². The third-order valence-electron chi connectivity index (χ3n) is 3.50. The number of benzene rings is 1. The van der Waals surface area contributed by atoms with Gasteiger partial charge in [-0.3, -0.25) is 4.90 Å². The molecule has 1 atom stereocenters. The lowest BCUT2D eigenvalue weighted by molar-refractivity contribution is -0.00238. The zero-order chi connectivity index (χ0) is 13.7. The Bertz CT molecular complexity index is 391. The summed E-state index contributed by atoms with van der Waals surface area (Å²) in [5.74, 6) is 0.282. The van der Waals surface area contributed by atoms with E-state index in [1.165, 1.54) is 0 Å². The van der Waals surface area contributed by atoms with Crippen LogP contribution in [0, 0.1) is 0 Å². The number of ether oxygens (including phenoxy) is 1.